The maximum absolute atomic E-state index is 5.23. The van der Waals surface area contributed by atoms with E-state index in [2.05, 4.69) is 43.7 Å². The van der Waals surface area contributed by atoms with Gasteiger partial charge in [-0.3, -0.25) is 4.99 Å². The number of hydrogen-bond donors (Lipinski definition) is 2. The molecule has 0 radical (unpaired) electrons. The minimum atomic E-state index is 0. The number of halogens is 2. The number of rotatable bonds is 4. The fourth-order valence-corrected chi connectivity index (χ4v) is 3.05. The van der Waals surface area contributed by atoms with E-state index in [0.29, 0.717) is 6.04 Å². The van der Waals surface area contributed by atoms with Gasteiger partial charge in [0.05, 0.1) is 11.6 Å². The van der Waals surface area contributed by atoms with Crippen LogP contribution in [-0.2, 0) is 6.54 Å². The van der Waals surface area contributed by atoms with Gasteiger partial charge in [-0.2, -0.15) is 0 Å². The summed E-state index contributed by atoms with van der Waals surface area (Å²) in [4.78, 5) is 4.28. The van der Waals surface area contributed by atoms with Gasteiger partial charge in [0, 0.05) is 19.6 Å². The zero-order valence-electron chi connectivity index (χ0n) is 12.5. The number of aliphatic imine (C=N–C) groups is 1. The molecule has 6 heteroatoms. The van der Waals surface area contributed by atoms with E-state index in [-0.39, 0.29) is 24.0 Å². The summed E-state index contributed by atoms with van der Waals surface area (Å²) >= 11 is 3.50. The van der Waals surface area contributed by atoms with Crippen LogP contribution in [0.2, 0.25) is 0 Å². The molecular weight excluding hydrogens is 445 g/mol. The molecule has 4 nitrogen and oxygen atoms in total. The first-order valence-corrected chi connectivity index (χ1v) is 7.82. The zero-order valence-corrected chi connectivity index (χ0v) is 16.4. The van der Waals surface area contributed by atoms with E-state index in [0.717, 1.165) is 22.7 Å². The Bertz CT molecular complexity index is 476. The second kappa shape index (κ2) is 9.50. The summed E-state index contributed by atoms with van der Waals surface area (Å²) in [6, 6.07) is 6.66. The lowest BCUT2D eigenvalue weighted by atomic mass is 10.2. The molecule has 1 aliphatic rings. The number of methoxy groups -OCH3 is 1. The number of nitrogens with one attached hydrogen (secondary N) is 2. The molecule has 0 aliphatic heterocycles. The topological polar surface area (TPSA) is 45.7 Å². The smallest absolute Gasteiger partial charge is 0.191 e. The maximum atomic E-state index is 5.23. The van der Waals surface area contributed by atoms with E-state index in [1.165, 1.54) is 31.2 Å². The van der Waals surface area contributed by atoms with Crippen LogP contribution in [0.1, 0.15) is 31.2 Å². The second-order valence-corrected chi connectivity index (χ2v) is 5.87. The molecule has 118 valence electrons. The highest BCUT2D eigenvalue weighted by Crippen LogP contribution is 2.25. The van der Waals surface area contributed by atoms with Gasteiger partial charge in [-0.25, -0.2) is 0 Å². The predicted octanol–water partition coefficient (Wildman–Crippen LogP) is 3.68. The lowest BCUT2D eigenvalue weighted by molar-refractivity contribution is 0.412. The first-order chi connectivity index (χ1) is 9.72. The van der Waals surface area contributed by atoms with Crippen LogP contribution in [0, 0.1) is 0 Å². The summed E-state index contributed by atoms with van der Waals surface area (Å²) < 4.78 is 6.20. The van der Waals surface area contributed by atoms with Gasteiger partial charge < -0.3 is 15.4 Å². The molecule has 1 saturated carbocycles. The van der Waals surface area contributed by atoms with Crippen LogP contribution in [0.25, 0.3) is 0 Å². The van der Waals surface area contributed by atoms with E-state index in [4.69, 9.17) is 4.74 Å². The number of hydrogen-bond acceptors (Lipinski definition) is 2. The Hall–Kier alpha value is -0.500. The van der Waals surface area contributed by atoms with Crippen molar-refractivity contribution < 1.29 is 4.74 Å². The monoisotopic (exact) mass is 467 g/mol. The molecule has 0 unspecified atom stereocenters. The minimum absolute atomic E-state index is 0. The summed E-state index contributed by atoms with van der Waals surface area (Å²) in [7, 11) is 3.49. The van der Waals surface area contributed by atoms with Crippen molar-refractivity contribution in [3.05, 3.63) is 28.2 Å². The van der Waals surface area contributed by atoms with E-state index in [1.54, 1.807) is 7.11 Å². The molecular formula is C15H23BrIN3O. The molecule has 1 fully saturated rings. The van der Waals surface area contributed by atoms with Gasteiger partial charge in [-0.1, -0.05) is 18.9 Å². The Morgan fingerprint density at radius 2 is 2.10 bits per heavy atom. The third-order valence-corrected chi connectivity index (χ3v) is 4.22. The molecule has 2 rings (SSSR count). The van der Waals surface area contributed by atoms with Gasteiger partial charge in [0.25, 0.3) is 0 Å². The number of benzene rings is 1. The first-order valence-electron chi connectivity index (χ1n) is 7.02. The summed E-state index contributed by atoms with van der Waals surface area (Å²) in [6.07, 6.45) is 5.13. The van der Waals surface area contributed by atoms with E-state index < -0.39 is 0 Å². The lowest BCUT2D eigenvalue weighted by Gasteiger charge is -2.17. The molecule has 21 heavy (non-hydrogen) atoms. The van der Waals surface area contributed by atoms with Crippen LogP contribution < -0.4 is 15.4 Å². The molecule has 0 bridgehead atoms. The lowest BCUT2D eigenvalue weighted by Crippen LogP contribution is -2.41. The summed E-state index contributed by atoms with van der Waals surface area (Å²) in [6.45, 7) is 0.745. The third-order valence-electron chi connectivity index (χ3n) is 3.60. The Morgan fingerprint density at radius 3 is 2.67 bits per heavy atom. The van der Waals surface area contributed by atoms with E-state index in [9.17, 15) is 0 Å². The number of nitrogens with zero attached hydrogens (tertiary/aromatic N) is 1. The maximum Gasteiger partial charge on any atom is 0.191 e. The van der Waals surface area contributed by atoms with Crippen molar-refractivity contribution in [2.24, 2.45) is 4.99 Å². The highest BCUT2D eigenvalue weighted by atomic mass is 127. The van der Waals surface area contributed by atoms with E-state index >= 15 is 0 Å². The SMILES string of the molecule is CN=C(NCc1ccc(OC)c(Br)c1)NC1CCCC1.I. The van der Waals surface area contributed by atoms with Gasteiger partial charge in [0.2, 0.25) is 0 Å². The highest BCUT2D eigenvalue weighted by Gasteiger charge is 2.15. The molecule has 0 atom stereocenters. The van der Waals surface area contributed by atoms with Crippen LogP contribution in [0.15, 0.2) is 27.7 Å². The van der Waals surface area contributed by atoms with Crippen molar-refractivity contribution in [1.82, 2.24) is 10.6 Å². The first kappa shape index (κ1) is 18.5. The highest BCUT2D eigenvalue weighted by molar-refractivity contribution is 14.0. The van der Waals surface area contributed by atoms with Crippen LogP contribution in [0.4, 0.5) is 0 Å². The quantitative estimate of drug-likeness (QED) is 0.403. The number of guanidine groups is 1. The summed E-state index contributed by atoms with van der Waals surface area (Å²) in [5.41, 5.74) is 1.19. The molecule has 0 heterocycles. The zero-order chi connectivity index (χ0) is 14.4. The minimum Gasteiger partial charge on any atom is -0.496 e. The van der Waals surface area contributed by atoms with Crippen molar-refractivity contribution in [2.45, 2.75) is 38.3 Å². The molecule has 1 aromatic rings. The van der Waals surface area contributed by atoms with Crippen LogP contribution in [0.5, 0.6) is 5.75 Å². The largest absolute Gasteiger partial charge is 0.496 e. The fraction of sp³-hybridized carbons (Fsp3) is 0.533. The predicted molar refractivity (Wildman–Crippen MR) is 102 cm³/mol. The van der Waals surface area contributed by atoms with Crippen LogP contribution in [-0.4, -0.2) is 26.2 Å². The molecule has 1 aromatic carbocycles. The second-order valence-electron chi connectivity index (χ2n) is 5.02. The fourth-order valence-electron chi connectivity index (χ4n) is 2.46. The normalized spacial score (nSPS) is 15.5. The van der Waals surface area contributed by atoms with Crippen molar-refractivity contribution in [3.63, 3.8) is 0 Å². The van der Waals surface area contributed by atoms with Gasteiger partial charge >= 0.3 is 0 Å². The average molecular weight is 468 g/mol. The number of ether oxygens (including phenoxy) is 1. The van der Waals surface area contributed by atoms with Crippen molar-refractivity contribution in [1.29, 1.82) is 0 Å². The van der Waals surface area contributed by atoms with Gasteiger partial charge in [-0.15, -0.1) is 24.0 Å². The Morgan fingerprint density at radius 1 is 1.38 bits per heavy atom. The van der Waals surface area contributed by atoms with Gasteiger partial charge in [0.1, 0.15) is 5.75 Å². The summed E-state index contributed by atoms with van der Waals surface area (Å²) in [5.74, 6) is 1.73. The molecule has 1 aliphatic carbocycles. The standard InChI is InChI=1S/C15H22BrN3O.HI/c1-17-15(19-12-5-3-4-6-12)18-10-11-7-8-14(20-2)13(16)9-11;/h7-9,12H,3-6,10H2,1-2H3,(H2,17,18,19);1H. The van der Waals surface area contributed by atoms with Crippen LogP contribution in [0.3, 0.4) is 0 Å². The molecule has 0 aromatic heterocycles. The Labute approximate surface area is 152 Å². The Kier molecular flexibility index (Phi) is 8.39. The molecule has 2 N–H and O–H groups in total. The van der Waals surface area contributed by atoms with E-state index in [1.807, 2.05) is 13.1 Å². The average Bonchev–Trinajstić information content (AvgIpc) is 2.96. The summed E-state index contributed by atoms with van der Waals surface area (Å²) in [5, 5.41) is 6.83. The van der Waals surface area contributed by atoms with Gasteiger partial charge in [0.15, 0.2) is 5.96 Å². The van der Waals surface area contributed by atoms with Crippen LogP contribution >= 0.6 is 39.9 Å². The van der Waals surface area contributed by atoms with Crippen molar-refractivity contribution in [3.8, 4) is 5.75 Å². The molecule has 0 spiro atoms. The molecule has 0 saturated heterocycles. The molecule has 0 amide bonds. The third kappa shape index (κ3) is 5.65. The van der Waals surface area contributed by atoms with Crippen molar-refractivity contribution in [2.75, 3.05) is 14.2 Å². The Balaban J connectivity index is 0.00000220. The van der Waals surface area contributed by atoms with Gasteiger partial charge in [-0.05, 0) is 46.5 Å². The van der Waals surface area contributed by atoms with Crippen molar-refractivity contribution >= 4 is 45.9 Å².